The van der Waals surface area contributed by atoms with Gasteiger partial charge in [-0.05, 0) is 30.3 Å². The van der Waals surface area contributed by atoms with E-state index < -0.39 is 21.4 Å². The zero-order chi connectivity index (χ0) is 24.7. The second kappa shape index (κ2) is 9.00. The number of rotatable bonds is 5. The summed E-state index contributed by atoms with van der Waals surface area (Å²) in [5.74, 6) is -0.303. The van der Waals surface area contributed by atoms with Crippen molar-refractivity contribution in [2.24, 2.45) is 5.14 Å². The normalized spacial score (nSPS) is 15.1. The van der Waals surface area contributed by atoms with Gasteiger partial charge in [0.05, 0.1) is 23.9 Å². The van der Waals surface area contributed by atoms with Gasteiger partial charge in [-0.1, -0.05) is 12.1 Å². The second-order valence-corrected chi connectivity index (χ2v) is 10.8. The summed E-state index contributed by atoms with van der Waals surface area (Å²) >= 11 is 0.792. The van der Waals surface area contributed by atoms with Crippen molar-refractivity contribution in [3.05, 3.63) is 76.5 Å². The van der Waals surface area contributed by atoms with Crippen molar-refractivity contribution in [3.8, 4) is 5.69 Å². The van der Waals surface area contributed by atoms with Crippen molar-refractivity contribution in [3.63, 3.8) is 0 Å². The number of hydrogen-bond acceptors (Lipinski definition) is 8. The molecule has 0 bridgehead atoms. The summed E-state index contributed by atoms with van der Waals surface area (Å²) in [6.45, 7) is 2.03. The molecule has 0 radical (unpaired) electrons. The van der Waals surface area contributed by atoms with Crippen LogP contribution in [0, 0.1) is 5.82 Å². The lowest BCUT2D eigenvalue weighted by Crippen LogP contribution is -2.48. The average molecular weight is 518 g/mol. The number of hydrogen-bond donors (Lipinski definition) is 1. The van der Waals surface area contributed by atoms with E-state index in [0.717, 1.165) is 15.9 Å². The minimum atomic E-state index is -4.04. The molecule has 0 spiro atoms. The van der Waals surface area contributed by atoms with Crippen LogP contribution >= 0.6 is 11.3 Å². The van der Waals surface area contributed by atoms with Crippen LogP contribution in [-0.4, -0.2) is 59.9 Å². The SMILES string of the molecule is NS(=O)(=O)c1cc2c(=O)n(-c3ccccc3F)c(CN3CCN(C(=O)c4ccco4)CC3)nc2s1. The maximum absolute atomic E-state index is 14.7. The molecule has 13 heteroatoms. The van der Waals surface area contributed by atoms with E-state index in [1.54, 1.807) is 23.1 Å². The summed E-state index contributed by atoms with van der Waals surface area (Å²) in [7, 11) is -4.04. The Morgan fingerprint density at radius 3 is 2.54 bits per heavy atom. The molecule has 1 aliphatic rings. The van der Waals surface area contributed by atoms with Gasteiger partial charge in [-0.15, -0.1) is 11.3 Å². The first-order valence-electron chi connectivity index (χ1n) is 10.6. The number of para-hydroxylation sites is 1. The van der Waals surface area contributed by atoms with Crippen LogP contribution in [0.3, 0.4) is 0 Å². The molecule has 1 saturated heterocycles. The summed E-state index contributed by atoms with van der Waals surface area (Å²) < 4.78 is 44.6. The van der Waals surface area contributed by atoms with Crippen molar-refractivity contribution in [1.82, 2.24) is 19.4 Å². The lowest BCUT2D eigenvalue weighted by atomic mass is 10.2. The number of nitrogens with zero attached hydrogens (tertiary/aromatic N) is 4. The van der Waals surface area contributed by atoms with Gasteiger partial charge in [0.1, 0.15) is 20.7 Å². The fourth-order valence-electron chi connectivity index (χ4n) is 3.99. The van der Waals surface area contributed by atoms with Crippen molar-refractivity contribution in [2.75, 3.05) is 26.2 Å². The first-order valence-corrected chi connectivity index (χ1v) is 13.0. The number of nitrogens with two attached hydrogens (primary N) is 1. The molecule has 1 fully saturated rings. The van der Waals surface area contributed by atoms with Crippen LogP contribution in [0.5, 0.6) is 0 Å². The molecule has 35 heavy (non-hydrogen) atoms. The summed E-state index contributed by atoms with van der Waals surface area (Å²) in [6.07, 6.45) is 1.44. The van der Waals surface area contributed by atoms with E-state index in [9.17, 15) is 22.4 Å². The molecule has 0 unspecified atom stereocenters. The fourth-order valence-corrected chi connectivity index (χ4v) is 5.75. The number of sulfonamides is 1. The maximum Gasteiger partial charge on any atom is 0.289 e. The molecule has 5 rings (SSSR count). The van der Waals surface area contributed by atoms with Gasteiger partial charge in [0, 0.05) is 26.2 Å². The van der Waals surface area contributed by atoms with Crippen LogP contribution in [-0.2, 0) is 16.6 Å². The molecule has 10 nitrogen and oxygen atoms in total. The molecule has 182 valence electrons. The molecule has 0 aliphatic carbocycles. The summed E-state index contributed by atoms with van der Waals surface area (Å²) in [5.41, 5.74) is -0.579. The van der Waals surface area contributed by atoms with Crippen LogP contribution in [0.15, 0.2) is 62.1 Å². The Morgan fingerprint density at radius 2 is 1.89 bits per heavy atom. The Bertz CT molecular complexity index is 1570. The van der Waals surface area contributed by atoms with E-state index in [4.69, 9.17) is 9.56 Å². The van der Waals surface area contributed by atoms with Gasteiger partial charge in [-0.25, -0.2) is 22.9 Å². The predicted octanol–water partition coefficient (Wildman–Crippen LogP) is 1.78. The Balaban J connectivity index is 1.49. The number of carbonyl (C=O) groups excluding carboxylic acids is 1. The van der Waals surface area contributed by atoms with Gasteiger partial charge in [-0.3, -0.25) is 19.1 Å². The molecular weight excluding hydrogens is 497 g/mol. The number of halogens is 1. The van der Waals surface area contributed by atoms with Crippen molar-refractivity contribution in [1.29, 1.82) is 0 Å². The second-order valence-electron chi connectivity index (χ2n) is 7.99. The van der Waals surface area contributed by atoms with Crippen LogP contribution in [0.25, 0.3) is 15.9 Å². The van der Waals surface area contributed by atoms with E-state index >= 15 is 0 Å². The van der Waals surface area contributed by atoms with Crippen LogP contribution in [0.4, 0.5) is 4.39 Å². The van der Waals surface area contributed by atoms with E-state index in [0.29, 0.717) is 26.2 Å². The number of piperazine rings is 1. The topological polar surface area (TPSA) is 132 Å². The molecule has 4 heterocycles. The highest BCUT2D eigenvalue weighted by Gasteiger charge is 2.26. The van der Waals surface area contributed by atoms with E-state index in [-0.39, 0.29) is 44.1 Å². The molecule has 0 atom stereocenters. The number of carbonyl (C=O) groups is 1. The van der Waals surface area contributed by atoms with Crippen molar-refractivity contribution >= 4 is 37.5 Å². The largest absolute Gasteiger partial charge is 0.459 e. The van der Waals surface area contributed by atoms with Crippen molar-refractivity contribution in [2.45, 2.75) is 10.8 Å². The highest BCUT2D eigenvalue weighted by atomic mass is 32.2. The molecule has 4 aromatic rings. The summed E-state index contributed by atoms with van der Waals surface area (Å²) in [4.78, 5) is 34.3. The van der Waals surface area contributed by atoms with E-state index in [1.165, 1.54) is 30.5 Å². The van der Waals surface area contributed by atoms with Gasteiger partial charge in [0.25, 0.3) is 11.5 Å². The van der Waals surface area contributed by atoms with Gasteiger partial charge < -0.3 is 9.32 Å². The lowest BCUT2D eigenvalue weighted by molar-refractivity contribution is 0.0594. The first kappa shape index (κ1) is 23.4. The number of fused-ring (bicyclic) bond motifs is 1. The quantitative estimate of drug-likeness (QED) is 0.427. The van der Waals surface area contributed by atoms with Gasteiger partial charge in [-0.2, -0.15) is 0 Å². The minimum Gasteiger partial charge on any atom is -0.459 e. The smallest absolute Gasteiger partial charge is 0.289 e. The van der Waals surface area contributed by atoms with Crippen LogP contribution < -0.4 is 10.7 Å². The van der Waals surface area contributed by atoms with Crippen molar-refractivity contribution < 1.29 is 22.0 Å². The number of aromatic nitrogens is 2. The number of furan rings is 1. The molecule has 1 aliphatic heterocycles. The number of benzene rings is 1. The zero-order valence-electron chi connectivity index (χ0n) is 18.3. The molecule has 2 N–H and O–H groups in total. The Kier molecular flexibility index (Phi) is 6.01. The highest BCUT2D eigenvalue weighted by Crippen LogP contribution is 2.26. The molecule has 0 saturated carbocycles. The molecule has 3 aromatic heterocycles. The van der Waals surface area contributed by atoms with Gasteiger partial charge in [0.15, 0.2) is 5.76 Å². The summed E-state index contributed by atoms with van der Waals surface area (Å²) in [6, 6.07) is 10.2. The van der Waals surface area contributed by atoms with E-state index in [2.05, 4.69) is 4.98 Å². The monoisotopic (exact) mass is 517 g/mol. The third kappa shape index (κ3) is 4.50. The molecule has 1 amide bonds. The third-order valence-corrected chi connectivity index (χ3v) is 8.19. The molecule has 1 aromatic carbocycles. The Labute approximate surface area is 203 Å². The maximum atomic E-state index is 14.7. The average Bonchev–Trinajstić information content (AvgIpc) is 3.51. The lowest BCUT2D eigenvalue weighted by Gasteiger charge is -2.34. The predicted molar refractivity (Wildman–Crippen MR) is 126 cm³/mol. The molecular formula is C22H20FN5O5S2. The number of thiophene rings is 1. The third-order valence-electron chi connectivity index (χ3n) is 5.74. The minimum absolute atomic E-state index is 0.0110. The Hall–Kier alpha value is -3.39. The van der Waals surface area contributed by atoms with Crippen LogP contribution in [0.2, 0.25) is 0 Å². The standard InChI is InChI=1S/C22H20FN5O5S2/c23-15-4-1-2-5-16(15)28-18(25-20-14(21(28)29)12-19(34-20)35(24,31)32)13-26-7-9-27(10-8-26)22(30)17-6-3-11-33-17/h1-6,11-12H,7-10,13H2,(H2,24,31,32). The number of amides is 1. The fraction of sp³-hybridized carbons (Fsp3) is 0.227. The van der Waals surface area contributed by atoms with Gasteiger partial charge in [0.2, 0.25) is 10.0 Å². The number of primary sulfonamides is 1. The van der Waals surface area contributed by atoms with Gasteiger partial charge >= 0.3 is 0 Å². The van der Waals surface area contributed by atoms with Crippen LogP contribution in [0.1, 0.15) is 16.4 Å². The summed E-state index contributed by atoms with van der Waals surface area (Å²) in [5, 5.41) is 5.28. The highest BCUT2D eigenvalue weighted by molar-refractivity contribution is 7.91. The van der Waals surface area contributed by atoms with E-state index in [1.807, 2.05) is 4.90 Å². The Morgan fingerprint density at radius 1 is 1.14 bits per heavy atom. The first-order chi connectivity index (χ1) is 16.7. The zero-order valence-corrected chi connectivity index (χ0v) is 19.9.